The van der Waals surface area contributed by atoms with Crippen molar-refractivity contribution >= 4 is 54.8 Å². The number of methoxy groups -OCH3 is 1. The molecule has 4 nitrogen and oxygen atoms in total. The van der Waals surface area contributed by atoms with E-state index in [1.807, 2.05) is 6.07 Å². The van der Waals surface area contributed by atoms with Crippen molar-refractivity contribution in [2.45, 2.75) is 45.4 Å². The Balaban J connectivity index is 1.61. The van der Waals surface area contributed by atoms with Gasteiger partial charge in [0.25, 0.3) is 0 Å². The number of fused-ring (bicyclic) bond motifs is 2. The number of nitrogens with zero attached hydrogens (tertiary/aromatic N) is 2. The van der Waals surface area contributed by atoms with Crippen molar-refractivity contribution in [2.24, 2.45) is 0 Å². The lowest BCUT2D eigenvalue weighted by molar-refractivity contribution is 0.0603. The molecule has 2 saturated heterocycles. The highest BCUT2D eigenvalue weighted by molar-refractivity contribution is 9.10. The van der Waals surface area contributed by atoms with E-state index in [0.29, 0.717) is 5.56 Å². The Labute approximate surface area is 233 Å². The lowest BCUT2D eigenvalue weighted by Gasteiger charge is -2.33. The van der Waals surface area contributed by atoms with Crippen LogP contribution in [0, 0.1) is 6.92 Å². The maximum Gasteiger partial charge on any atom is 0.338 e. The molecule has 196 valence electrons. The first-order valence-corrected chi connectivity index (χ1v) is 14.7. The zero-order valence-corrected chi connectivity index (χ0v) is 23.9. The SMILES string of the molecule is COC(=O)c1ccc(N2CCCCC2)c2cc(-c3cc(Br)c4ccc(C)cc4c3N3CCCCC3)ccc12. The molecule has 0 bridgehead atoms. The first-order chi connectivity index (χ1) is 18.5. The van der Waals surface area contributed by atoms with Crippen molar-refractivity contribution in [1.29, 1.82) is 0 Å². The van der Waals surface area contributed by atoms with E-state index in [2.05, 4.69) is 81.2 Å². The second-order valence-corrected chi connectivity index (χ2v) is 11.6. The number of esters is 1. The molecule has 0 spiro atoms. The Morgan fingerprint density at radius 2 is 1.42 bits per heavy atom. The molecule has 2 heterocycles. The van der Waals surface area contributed by atoms with Crippen LogP contribution >= 0.6 is 15.9 Å². The van der Waals surface area contributed by atoms with E-state index in [4.69, 9.17) is 4.74 Å². The number of aryl methyl sites for hydroxylation is 1. The lowest BCUT2D eigenvalue weighted by Crippen LogP contribution is -2.30. The van der Waals surface area contributed by atoms with Gasteiger partial charge in [-0.25, -0.2) is 4.79 Å². The van der Waals surface area contributed by atoms with Crippen molar-refractivity contribution in [3.63, 3.8) is 0 Å². The number of anilines is 2. The van der Waals surface area contributed by atoms with E-state index >= 15 is 0 Å². The maximum atomic E-state index is 12.7. The van der Waals surface area contributed by atoms with Crippen LogP contribution in [-0.4, -0.2) is 39.3 Å². The van der Waals surface area contributed by atoms with E-state index in [-0.39, 0.29) is 5.97 Å². The third kappa shape index (κ3) is 4.55. The predicted octanol–water partition coefficient (Wildman–Crippen LogP) is 8.50. The topological polar surface area (TPSA) is 32.8 Å². The van der Waals surface area contributed by atoms with Crippen LogP contribution in [-0.2, 0) is 4.74 Å². The Bertz CT molecular complexity index is 1520. The number of hydrogen-bond donors (Lipinski definition) is 0. The molecule has 0 unspecified atom stereocenters. The molecule has 0 atom stereocenters. The van der Waals surface area contributed by atoms with Crippen LogP contribution in [0.15, 0.2) is 59.1 Å². The first kappa shape index (κ1) is 25.2. The van der Waals surface area contributed by atoms with Crippen LogP contribution in [0.3, 0.4) is 0 Å². The van der Waals surface area contributed by atoms with Crippen LogP contribution in [0.2, 0.25) is 0 Å². The van der Waals surface area contributed by atoms with Gasteiger partial charge in [-0.15, -0.1) is 0 Å². The van der Waals surface area contributed by atoms with Crippen LogP contribution in [0.4, 0.5) is 11.4 Å². The molecule has 6 rings (SSSR count). The van der Waals surface area contributed by atoms with E-state index in [0.717, 1.165) is 41.4 Å². The van der Waals surface area contributed by atoms with Gasteiger partial charge in [0.05, 0.1) is 18.4 Å². The molecule has 0 aromatic heterocycles. The van der Waals surface area contributed by atoms with Gasteiger partial charge in [0, 0.05) is 52.7 Å². The van der Waals surface area contributed by atoms with Crippen LogP contribution < -0.4 is 9.80 Å². The minimum atomic E-state index is -0.286. The fourth-order valence-electron chi connectivity index (χ4n) is 6.36. The Hall–Kier alpha value is -3.05. The summed E-state index contributed by atoms with van der Waals surface area (Å²) in [5.41, 5.74) is 6.86. The minimum Gasteiger partial charge on any atom is -0.465 e. The molecular weight excluding hydrogens is 536 g/mol. The summed E-state index contributed by atoms with van der Waals surface area (Å²) >= 11 is 3.91. The highest BCUT2D eigenvalue weighted by atomic mass is 79.9. The third-order valence-electron chi connectivity index (χ3n) is 8.29. The smallest absolute Gasteiger partial charge is 0.338 e. The van der Waals surface area contributed by atoms with Crippen LogP contribution in [0.5, 0.6) is 0 Å². The number of benzene rings is 4. The van der Waals surface area contributed by atoms with E-state index < -0.39 is 0 Å². The maximum absolute atomic E-state index is 12.7. The molecule has 0 N–H and O–H groups in total. The molecule has 0 radical (unpaired) electrons. The lowest BCUT2D eigenvalue weighted by atomic mass is 9.92. The normalized spacial score (nSPS) is 16.3. The summed E-state index contributed by atoms with van der Waals surface area (Å²) in [7, 11) is 1.46. The Morgan fingerprint density at radius 3 is 2.13 bits per heavy atom. The van der Waals surface area contributed by atoms with Gasteiger partial charge in [0.15, 0.2) is 0 Å². The fourth-order valence-corrected chi connectivity index (χ4v) is 6.93. The molecule has 2 aliphatic heterocycles. The number of piperidine rings is 2. The number of halogens is 1. The number of hydrogen-bond acceptors (Lipinski definition) is 4. The summed E-state index contributed by atoms with van der Waals surface area (Å²) in [6.07, 6.45) is 7.44. The molecule has 5 heteroatoms. The quantitative estimate of drug-likeness (QED) is 0.230. The van der Waals surface area contributed by atoms with Crippen LogP contribution in [0.1, 0.15) is 54.4 Å². The average Bonchev–Trinajstić information content (AvgIpc) is 2.96. The van der Waals surface area contributed by atoms with E-state index in [1.54, 1.807) is 0 Å². The van der Waals surface area contributed by atoms with Gasteiger partial charge in [-0.1, -0.05) is 45.8 Å². The van der Waals surface area contributed by atoms with Crippen LogP contribution in [0.25, 0.3) is 32.7 Å². The highest BCUT2D eigenvalue weighted by Gasteiger charge is 2.23. The van der Waals surface area contributed by atoms with Gasteiger partial charge >= 0.3 is 5.97 Å². The standard InChI is InChI=1S/C33H35BrN2O2/c1-22-9-11-25-29(19-22)32(36-17-7-4-8-18-36)27(21-30(25)34)23-10-12-24-26(33(37)38-2)13-14-31(28(24)20-23)35-15-5-3-6-16-35/h9-14,19-21H,3-8,15-18H2,1-2H3. The summed E-state index contributed by atoms with van der Waals surface area (Å²) in [6.45, 7) is 6.44. The van der Waals surface area contributed by atoms with E-state index in [9.17, 15) is 4.79 Å². The number of rotatable bonds is 4. The van der Waals surface area contributed by atoms with Gasteiger partial charge < -0.3 is 14.5 Å². The summed E-state index contributed by atoms with van der Waals surface area (Å²) in [4.78, 5) is 17.8. The molecule has 38 heavy (non-hydrogen) atoms. The van der Waals surface area contributed by atoms with Crippen molar-refractivity contribution in [3.8, 4) is 11.1 Å². The van der Waals surface area contributed by atoms with Crippen molar-refractivity contribution < 1.29 is 9.53 Å². The summed E-state index contributed by atoms with van der Waals surface area (Å²) < 4.78 is 6.27. The first-order valence-electron chi connectivity index (χ1n) is 13.9. The number of ether oxygens (including phenoxy) is 1. The van der Waals surface area contributed by atoms with E-state index in [1.165, 1.54) is 84.5 Å². The van der Waals surface area contributed by atoms with Gasteiger partial charge in [0.1, 0.15) is 0 Å². The largest absolute Gasteiger partial charge is 0.465 e. The molecule has 4 aromatic rings. The molecule has 4 aromatic carbocycles. The fraction of sp³-hybridized carbons (Fsp3) is 0.364. The Kier molecular flexibility index (Phi) is 7.05. The van der Waals surface area contributed by atoms with Gasteiger partial charge in [-0.3, -0.25) is 0 Å². The van der Waals surface area contributed by atoms with Crippen molar-refractivity contribution in [3.05, 3.63) is 70.2 Å². The molecule has 0 aliphatic carbocycles. The second-order valence-electron chi connectivity index (χ2n) is 10.8. The zero-order chi connectivity index (χ0) is 26.2. The molecule has 2 aliphatic rings. The monoisotopic (exact) mass is 570 g/mol. The van der Waals surface area contributed by atoms with Gasteiger partial charge in [0.2, 0.25) is 0 Å². The summed E-state index contributed by atoms with van der Waals surface area (Å²) in [5, 5.41) is 4.63. The number of carbonyl (C=O) groups excluding carboxylic acids is 1. The molecule has 0 saturated carbocycles. The third-order valence-corrected chi connectivity index (χ3v) is 8.95. The van der Waals surface area contributed by atoms with Crippen molar-refractivity contribution in [2.75, 3.05) is 43.1 Å². The van der Waals surface area contributed by atoms with Gasteiger partial charge in [-0.05, 0) is 92.1 Å². The second kappa shape index (κ2) is 10.6. The molecule has 2 fully saturated rings. The van der Waals surface area contributed by atoms with Gasteiger partial charge in [-0.2, -0.15) is 0 Å². The highest BCUT2D eigenvalue weighted by Crippen LogP contribution is 2.44. The summed E-state index contributed by atoms with van der Waals surface area (Å²) in [6, 6.07) is 19.7. The average molecular weight is 572 g/mol. The Morgan fingerprint density at radius 1 is 0.737 bits per heavy atom. The molecular formula is C33H35BrN2O2. The number of carbonyl (C=O) groups is 1. The van der Waals surface area contributed by atoms with Crippen molar-refractivity contribution in [1.82, 2.24) is 0 Å². The summed E-state index contributed by atoms with van der Waals surface area (Å²) in [5.74, 6) is -0.286. The minimum absolute atomic E-state index is 0.286. The predicted molar refractivity (Wildman–Crippen MR) is 163 cm³/mol. The zero-order valence-electron chi connectivity index (χ0n) is 22.4. The molecule has 0 amide bonds.